The van der Waals surface area contributed by atoms with Crippen molar-refractivity contribution in [2.75, 3.05) is 12.8 Å². The molecule has 1 amide bonds. The zero-order valence-corrected chi connectivity index (χ0v) is 13.0. The number of hydrogen-bond acceptors (Lipinski definition) is 4. The summed E-state index contributed by atoms with van der Waals surface area (Å²) in [5, 5.41) is 9.49. The number of rotatable bonds is 3. The van der Waals surface area contributed by atoms with E-state index in [2.05, 4.69) is 0 Å². The van der Waals surface area contributed by atoms with Gasteiger partial charge in [-0.1, -0.05) is 24.3 Å². The Morgan fingerprint density at radius 3 is 2.95 bits per heavy atom. The number of amides is 1. The third-order valence-corrected chi connectivity index (χ3v) is 4.61. The highest BCUT2D eigenvalue weighted by molar-refractivity contribution is 7.99. The van der Waals surface area contributed by atoms with Crippen molar-refractivity contribution in [2.24, 2.45) is 0 Å². The minimum atomic E-state index is -0.470. The van der Waals surface area contributed by atoms with E-state index in [-0.39, 0.29) is 11.7 Å². The second-order valence-electron chi connectivity index (χ2n) is 5.23. The maximum atomic E-state index is 12.5. The monoisotopic (exact) mass is 315 g/mol. The summed E-state index contributed by atoms with van der Waals surface area (Å²) in [5.74, 6) is 1.53. The molecule has 3 rings (SSSR count). The van der Waals surface area contributed by atoms with Gasteiger partial charge < -0.3 is 14.7 Å². The topological polar surface area (TPSA) is 49.8 Å². The lowest BCUT2D eigenvalue weighted by molar-refractivity contribution is -0.137. The number of nitrogens with zero attached hydrogens (tertiary/aromatic N) is 1. The second kappa shape index (κ2) is 6.32. The minimum Gasteiger partial charge on any atom is -0.508 e. The number of ether oxygens (including phenoxy) is 1. The molecular weight excluding hydrogens is 298 g/mol. The van der Waals surface area contributed by atoms with E-state index in [1.54, 1.807) is 41.9 Å². The highest BCUT2D eigenvalue weighted by atomic mass is 32.2. The fourth-order valence-electron chi connectivity index (χ4n) is 2.39. The molecule has 1 aliphatic heterocycles. The van der Waals surface area contributed by atoms with Gasteiger partial charge in [0.05, 0.1) is 0 Å². The Morgan fingerprint density at radius 2 is 2.14 bits per heavy atom. The van der Waals surface area contributed by atoms with Crippen molar-refractivity contribution in [3.8, 4) is 11.5 Å². The molecule has 2 aromatic rings. The average molecular weight is 315 g/mol. The van der Waals surface area contributed by atoms with Crippen LogP contribution in [0.25, 0.3) is 0 Å². The largest absolute Gasteiger partial charge is 0.508 e. The summed E-state index contributed by atoms with van der Waals surface area (Å²) in [4.78, 5) is 15.2. The maximum absolute atomic E-state index is 12.5. The molecule has 0 spiro atoms. The number of benzene rings is 2. The molecule has 22 heavy (non-hydrogen) atoms. The van der Waals surface area contributed by atoms with E-state index < -0.39 is 6.10 Å². The summed E-state index contributed by atoms with van der Waals surface area (Å²) in [7, 11) is 1.75. The average Bonchev–Trinajstić information content (AvgIpc) is 2.53. The number of hydrogen-bond donors (Lipinski definition) is 1. The maximum Gasteiger partial charge on any atom is 0.264 e. The summed E-state index contributed by atoms with van der Waals surface area (Å²) < 4.78 is 5.81. The molecule has 114 valence electrons. The van der Waals surface area contributed by atoms with Crippen LogP contribution < -0.4 is 4.74 Å². The molecule has 0 saturated heterocycles. The Kier molecular flexibility index (Phi) is 4.24. The van der Waals surface area contributed by atoms with Crippen LogP contribution in [0.3, 0.4) is 0 Å². The summed E-state index contributed by atoms with van der Waals surface area (Å²) in [5.41, 5.74) is 0.889. The van der Waals surface area contributed by atoms with Crippen molar-refractivity contribution in [1.82, 2.24) is 4.90 Å². The van der Waals surface area contributed by atoms with Crippen molar-refractivity contribution in [3.05, 3.63) is 54.1 Å². The lowest BCUT2D eigenvalue weighted by Crippen LogP contribution is -2.42. The van der Waals surface area contributed by atoms with Crippen LogP contribution in [0.1, 0.15) is 5.56 Å². The molecular formula is C17H17NO3S. The van der Waals surface area contributed by atoms with E-state index in [0.717, 1.165) is 16.2 Å². The smallest absolute Gasteiger partial charge is 0.264 e. The number of para-hydroxylation sites is 1. The first-order chi connectivity index (χ1) is 10.6. The fourth-order valence-corrected chi connectivity index (χ4v) is 3.37. The molecule has 1 aliphatic rings. The molecule has 0 aromatic heterocycles. The molecule has 0 unspecified atom stereocenters. The molecule has 1 atom stereocenters. The van der Waals surface area contributed by atoms with Crippen LogP contribution in [0.5, 0.6) is 11.5 Å². The van der Waals surface area contributed by atoms with Gasteiger partial charge in [0, 0.05) is 24.2 Å². The first-order valence-corrected chi connectivity index (χ1v) is 8.03. The minimum absolute atomic E-state index is 0.0506. The SMILES string of the molecule is CN(Cc1cccc(O)c1)C(=O)[C@@H]1CSc2ccccc2O1. The first-order valence-electron chi connectivity index (χ1n) is 7.05. The van der Waals surface area contributed by atoms with Crippen molar-refractivity contribution in [1.29, 1.82) is 0 Å². The van der Waals surface area contributed by atoms with Crippen LogP contribution >= 0.6 is 11.8 Å². The van der Waals surface area contributed by atoms with Gasteiger partial charge in [-0.05, 0) is 29.8 Å². The fraction of sp³-hybridized carbons (Fsp3) is 0.235. The van der Waals surface area contributed by atoms with Gasteiger partial charge in [0.1, 0.15) is 11.5 Å². The van der Waals surface area contributed by atoms with Gasteiger partial charge in [0.15, 0.2) is 6.10 Å². The number of fused-ring (bicyclic) bond motifs is 1. The van der Waals surface area contributed by atoms with Gasteiger partial charge in [-0.2, -0.15) is 0 Å². The molecule has 0 bridgehead atoms. The second-order valence-corrected chi connectivity index (χ2v) is 6.29. The lowest BCUT2D eigenvalue weighted by Gasteiger charge is -2.28. The number of aromatic hydroxyl groups is 1. The van der Waals surface area contributed by atoms with Crippen LogP contribution in [-0.4, -0.2) is 34.8 Å². The predicted octanol–water partition coefficient (Wildman–Crippen LogP) is 2.90. The van der Waals surface area contributed by atoms with Crippen LogP contribution in [0.4, 0.5) is 0 Å². The Balaban J connectivity index is 1.67. The van der Waals surface area contributed by atoms with Gasteiger partial charge in [-0.3, -0.25) is 4.79 Å². The number of thioether (sulfide) groups is 1. The van der Waals surface area contributed by atoms with E-state index in [1.165, 1.54) is 0 Å². The van der Waals surface area contributed by atoms with Gasteiger partial charge in [-0.25, -0.2) is 0 Å². The third kappa shape index (κ3) is 3.20. The van der Waals surface area contributed by atoms with E-state index in [4.69, 9.17) is 4.74 Å². The van der Waals surface area contributed by atoms with Gasteiger partial charge in [0.2, 0.25) is 0 Å². The summed E-state index contributed by atoms with van der Waals surface area (Å²) in [6, 6.07) is 14.7. The molecule has 1 heterocycles. The highest BCUT2D eigenvalue weighted by Crippen LogP contribution is 2.35. The standard InChI is InChI=1S/C17H17NO3S/c1-18(10-12-5-4-6-13(19)9-12)17(20)15-11-22-16-8-3-2-7-14(16)21-15/h2-9,15,19H,10-11H2,1H3/t15-/m0/s1. The quantitative estimate of drug-likeness (QED) is 0.946. The molecule has 1 N–H and O–H groups in total. The number of likely N-dealkylation sites (N-methyl/N-ethyl adjacent to an activating group) is 1. The number of carbonyl (C=O) groups excluding carboxylic acids is 1. The zero-order valence-electron chi connectivity index (χ0n) is 12.2. The number of phenols is 1. The Morgan fingerprint density at radius 1 is 1.32 bits per heavy atom. The molecule has 2 aromatic carbocycles. The van der Waals surface area contributed by atoms with Crippen molar-refractivity contribution in [2.45, 2.75) is 17.5 Å². The van der Waals surface area contributed by atoms with Gasteiger partial charge >= 0.3 is 0 Å². The predicted molar refractivity (Wildman–Crippen MR) is 86.2 cm³/mol. The third-order valence-electron chi connectivity index (χ3n) is 3.49. The molecule has 4 nitrogen and oxygen atoms in total. The van der Waals surface area contributed by atoms with Gasteiger partial charge in [-0.15, -0.1) is 11.8 Å². The number of carbonyl (C=O) groups is 1. The molecule has 5 heteroatoms. The first kappa shape index (κ1) is 14.8. The normalized spacial score (nSPS) is 16.5. The van der Waals surface area contributed by atoms with Crippen LogP contribution in [-0.2, 0) is 11.3 Å². The molecule has 0 fully saturated rings. The molecule has 0 aliphatic carbocycles. The Hall–Kier alpha value is -2.14. The summed E-state index contributed by atoms with van der Waals surface area (Å²) >= 11 is 1.64. The summed E-state index contributed by atoms with van der Waals surface area (Å²) in [6.07, 6.45) is -0.470. The van der Waals surface area contributed by atoms with Crippen LogP contribution in [0.15, 0.2) is 53.4 Å². The Labute approximate surface area is 133 Å². The van der Waals surface area contributed by atoms with Crippen molar-refractivity contribution < 1.29 is 14.6 Å². The van der Waals surface area contributed by atoms with Crippen molar-refractivity contribution in [3.63, 3.8) is 0 Å². The van der Waals surface area contributed by atoms with Gasteiger partial charge in [0.25, 0.3) is 5.91 Å². The van der Waals surface area contributed by atoms with Crippen molar-refractivity contribution >= 4 is 17.7 Å². The highest BCUT2D eigenvalue weighted by Gasteiger charge is 2.28. The zero-order chi connectivity index (χ0) is 15.5. The molecule has 0 saturated carbocycles. The van der Waals surface area contributed by atoms with E-state index in [0.29, 0.717) is 12.3 Å². The Bertz CT molecular complexity index is 689. The van der Waals surface area contributed by atoms with Crippen LogP contribution in [0, 0.1) is 0 Å². The lowest BCUT2D eigenvalue weighted by atomic mass is 10.2. The molecule has 0 radical (unpaired) electrons. The van der Waals surface area contributed by atoms with E-state index >= 15 is 0 Å². The van der Waals surface area contributed by atoms with E-state index in [9.17, 15) is 9.90 Å². The van der Waals surface area contributed by atoms with Crippen LogP contribution in [0.2, 0.25) is 0 Å². The summed E-state index contributed by atoms with van der Waals surface area (Å²) in [6.45, 7) is 0.444. The van der Waals surface area contributed by atoms with E-state index in [1.807, 2.05) is 30.3 Å². The number of phenolic OH excluding ortho intramolecular Hbond substituents is 1.